The van der Waals surface area contributed by atoms with Crippen LogP contribution in [0.2, 0.25) is 0 Å². The van der Waals surface area contributed by atoms with Gasteiger partial charge in [0.2, 0.25) is 5.95 Å². The first-order chi connectivity index (χ1) is 9.86. The van der Waals surface area contributed by atoms with E-state index in [2.05, 4.69) is 10.3 Å². The summed E-state index contributed by atoms with van der Waals surface area (Å²) in [6, 6.07) is 3.26. The lowest BCUT2D eigenvalue weighted by Crippen LogP contribution is -2.16. The number of imidazole rings is 1. The number of aromatic nitrogens is 2. The molecule has 0 fully saturated rings. The number of rotatable bonds is 3. The van der Waals surface area contributed by atoms with Crippen LogP contribution in [0.3, 0.4) is 0 Å². The lowest BCUT2D eigenvalue weighted by Gasteiger charge is -2.09. The average molecular weight is 301 g/mol. The van der Waals surface area contributed by atoms with Gasteiger partial charge in [-0.3, -0.25) is 5.32 Å². The number of aryl methyl sites for hydroxylation is 1. The van der Waals surface area contributed by atoms with E-state index < -0.39 is 17.8 Å². The first-order valence-corrected chi connectivity index (χ1v) is 6.38. The molecule has 8 heteroatoms. The Balaban J connectivity index is 2.47. The van der Waals surface area contributed by atoms with E-state index in [-0.39, 0.29) is 12.6 Å². The van der Waals surface area contributed by atoms with E-state index >= 15 is 0 Å². The van der Waals surface area contributed by atoms with Crippen molar-refractivity contribution >= 4 is 23.1 Å². The van der Waals surface area contributed by atoms with Gasteiger partial charge >= 0.3 is 12.3 Å². The van der Waals surface area contributed by atoms with Gasteiger partial charge in [0.15, 0.2) is 0 Å². The van der Waals surface area contributed by atoms with Gasteiger partial charge in [-0.05, 0) is 32.0 Å². The average Bonchev–Trinajstić information content (AvgIpc) is 2.73. The number of benzene rings is 1. The minimum absolute atomic E-state index is 0.158. The fourth-order valence-electron chi connectivity index (χ4n) is 1.97. The van der Waals surface area contributed by atoms with E-state index in [1.54, 1.807) is 13.8 Å². The molecule has 0 aliphatic carbocycles. The van der Waals surface area contributed by atoms with Crippen molar-refractivity contribution in [1.82, 2.24) is 9.55 Å². The maximum absolute atomic E-state index is 12.7. The molecule has 1 amide bonds. The Bertz CT molecular complexity index is 664. The number of hydrogen-bond acceptors (Lipinski definition) is 3. The summed E-state index contributed by atoms with van der Waals surface area (Å²) in [5, 5.41) is 2.42. The Morgan fingerprint density at radius 2 is 2.10 bits per heavy atom. The summed E-state index contributed by atoms with van der Waals surface area (Å²) in [6.07, 6.45) is -5.12. The molecule has 0 saturated carbocycles. The molecular formula is C13H14F3N3O2. The quantitative estimate of drug-likeness (QED) is 0.941. The third-order valence-corrected chi connectivity index (χ3v) is 2.88. The standard InChI is InChI=1S/C13H14F3N3O2/c1-3-19-10-7-8(13(14,15)16)5-6-9(10)17-11(19)18-12(20)21-4-2/h5-7H,3-4H2,1-2H3,(H,17,18,20). The van der Waals surface area contributed by atoms with Crippen LogP contribution in [0, 0.1) is 0 Å². The fraction of sp³-hybridized carbons (Fsp3) is 0.385. The molecule has 0 radical (unpaired) electrons. The molecular weight excluding hydrogens is 287 g/mol. The van der Waals surface area contributed by atoms with Crippen molar-refractivity contribution in [1.29, 1.82) is 0 Å². The molecule has 0 aliphatic rings. The predicted molar refractivity (Wildman–Crippen MR) is 71.1 cm³/mol. The predicted octanol–water partition coefficient (Wildman–Crippen LogP) is 3.64. The van der Waals surface area contributed by atoms with Crippen molar-refractivity contribution in [3.63, 3.8) is 0 Å². The van der Waals surface area contributed by atoms with Crippen molar-refractivity contribution in [3.05, 3.63) is 23.8 Å². The molecule has 114 valence electrons. The summed E-state index contributed by atoms with van der Waals surface area (Å²) in [5.41, 5.74) is -0.0805. The highest BCUT2D eigenvalue weighted by molar-refractivity contribution is 5.87. The highest BCUT2D eigenvalue weighted by Crippen LogP contribution is 2.32. The highest BCUT2D eigenvalue weighted by Gasteiger charge is 2.31. The molecule has 0 saturated heterocycles. The molecule has 1 aromatic carbocycles. The largest absolute Gasteiger partial charge is 0.450 e. The number of carbonyl (C=O) groups is 1. The number of nitrogens with one attached hydrogen (secondary N) is 1. The summed E-state index contributed by atoms with van der Waals surface area (Å²) < 4.78 is 44.5. The third kappa shape index (κ3) is 3.09. The van der Waals surface area contributed by atoms with Crippen LogP contribution < -0.4 is 5.32 Å². The zero-order chi connectivity index (χ0) is 15.6. The minimum atomic E-state index is -4.42. The van der Waals surface area contributed by atoms with Crippen molar-refractivity contribution < 1.29 is 22.7 Å². The van der Waals surface area contributed by atoms with Gasteiger partial charge in [-0.15, -0.1) is 0 Å². The summed E-state index contributed by atoms with van der Waals surface area (Å²) in [5.74, 6) is 0.158. The van der Waals surface area contributed by atoms with Gasteiger partial charge in [0.05, 0.1) is 23.2 Å². The van der Waals surface area contributed by atoms with Crippen LogP contribution in [0.1, 0.15) is 19.4 Å². The molecule has 0 spiro atoms. The number of carbonyl (C=O) groups excluding carboxylic acids is 1. The van der Waals surface area contributed by atoms with Gasteiger partial charge < -0.3 is 9.30 Å². The van der Waals surface area contributed by atoms with Crippen molar-refractivity contribution in [2.24, 2.45) is 0 Å². The van der Waals surface area contributed by atoms with Gasteiger partial charge in [0.1, 0.15) is 0 Å². The number of fused-ring (bicyclic) bond motifs is 1. The van der Waals surface area contributed by atoms with Crippen LogP contribution in [-0.2, 0) is 17.5 Å². The molecule has 0 atom stereocenters. The molecule has 5 nitrogen and oxygen atoms in total. The van der Waals surface area contributed by atoms with E-state index in [0.29, 0.717) is 17.6 Å². The summed E-state index contributed by atoms with van der Waals surface area (Å²) in [6.45, 7) is 3.95. The van der Waals surface area contributed by atoms with Crippen LogP contribution in [-0.4, -0.2) is 22.3 Å². The van der Waals surface area contributed by atoms with Crippen LogP contribution in [0.15, 0.2) is 18.2 Å². The second-order valence-electron chi connectivity index (χ2n) is 4.23. The zero-order valence-corrected chi connectivity index (χ0v) is 11.5. The molecule has 0 unspecified atom stereocenters. The maximum atomic E-state index is 12.7. The lowest BCUT2D eigenvalue weighted by atomic mass is 10.2. The number of alkyl halides is 3. The Hall–Kier alpha value is -2.25. The third-order valence-electron chi connectivity index (χ3n) is 2.88. The Kier molecular flexibility index (Phi) is 4.06. The van der Waals surface area contributed by atoms with E-state index in [1.165, 1.54) is 10.6 Å². The topological polar surface area (TPSA) is 56.1 Å². The van der Waals surface area contributed by atoms with Gasteiger partial charge in [-0.25, -0.2) is 9.78 Å². The van der Waals surface area contributed by atoms with Crippen molar-refractivity contribution in [2.75, 3.05) is 11.9 Å². The molecule has 1 aromatic heterocycles. The Labute approximate surface area is 118 Å². The molecule has 1 N–H and O–H groups in total. The Morgan fingerprint density at radius 1 is 1.38 bits per heavy atom. The number of anilines is 1. The van der Waals surface area contributed by atoms with Crippen LogP contribution in [0.5, 0.6) is 0 Å². The van der Waals surface area contributed by atoms with Crippen LogP contribution >= 0.6 is 0 Å². The molecule has 0 bridgehead atoms. The van der Waals surface area contributed by atoms with Gasteiger partial charge in [0.25, 0.3) is 0 Å². The van der Waals surface area contributed by atoms with Gasteiger partial charge in [-0.2, -0.15) is 13.2 Å². The van der Waals surface area contributed by atoms with E-state index in [0.717, 1.165) is 12.1 Å². The maximum Gasteiger partial charge on any atom is 0.416 e. The minimum Gasteiger partial charge on any atom is -0.450 e. The highest BCUT2D eigenvalue weighted by atomic mass is 19.4. The smallest absolute Gasteiger partial charge is 0.416 e. The van der Waals surface area contributed by atoms with Crippen molar-refractivity contribution in [2.45, 2.75) is 26.6 Å². The summed E-state index contributed by atoms with van der Waals surface area (Å²) in [7, 11) is 0. The van der Waals surface area contributed by atoms with E-state index in [1.807, 2.05) is 0 Å². The van der Waals surface area contributed by atoms with E-state index in [9.17, 15) is 18.0 Å². The molecule has 0 aliphatic heterocycles. The van der Waals surface area contributed by atoms with Crippen LogP contribution in [0.25, 0.3) is 11.0 Å². The van der Waals surface area contributed by atoms with Crippen molar-refractivity contribution in [3.8, 4) is 0 Å². The summed E-state index contributed by atoms with van der Waals surface area (Å²) >= 11 is 0. The normalized spacial score (nSPS) is 11.7. The number of ether oxygens (including phenoxy) is 1. The Morgan fingerprint density at radius 3 is 2.67 bits per heavy atom. The zero-order valence-electron chi connectivity index (χ0n) is 11.5. The summed E-state index contributed by atoms with van der Waals surface area (Å²) in [4.78, 5) is 15.5. The lowest BCUT2D eigenvalue weighted by molar-refractivity contribution is -0.137. The van der Waals surface area contributed by atoms with Gasteiger partial charge in [-0.1, -0.05) is 0 Å². The fourth-order valence-corrected chi connectivity index (χ4v) is 1.97. The number of nitrogens with zero attached hydrogens (tertiary/aromatic N) is 2. The molecule has 21 heavy (non-hydrogen) atoms. The SMILES string of the molecule is CCOC(=O)Nc1nc2ccc(C(F)(F)F)cc2n1CC. The molecule has 1 heterocycles. The molecule has 2 rings (SSSR count). The molecule has 2 aromatic rings. The number of halogens is 3. The van der Waals surface area contributed by atoms with Gasteiger partial charge in [0, 0.05) is 6.54 Å². The second-order valence-corrected chi connectivity index (χ2v) is 4.23. The second kappa shape index (κ2) is 5.63. The van der Waals surface area contributed by atoms with E-state index in [4.69, 9.17) is 4.74 Å². The first-order valence-electron chi connectivity index (χ1n) is 6.38. The first kappa shape index (κ1) is 15.1. The number of hydrogen-bond donors (Lipinski definition) is 1. The monoisotopic (exact) mass is 301 g/mol. The van der Waals surface area contributed by atoms with Crippen LogP contribution in [0.4, 0.5) is 23.9 Å². The number of amides is 1.